The number of hydrogen-bond acceptors (Lipinski definition) is 8. The van der Waals surface area contributed by atoms with Crippen LogP contribution in [0.1, 0.15) is 16.4 Å². The SMILES string of the molecule is CN(C)c1ccc(C2c3sc(=O)n(CC(=O)N4CCOCC4)c3SC3C(=O)N(c4ccc(Br)cc4)C(=O)C32)cc1. The first-order valence-electron chi connectivity index (χ1n) is 12.9. The van der Waals surface area contributed by atoms with Crippen LogP contribution in [0.5, 0.6) is 0 Å². The van der Waals surface area contributed by atoms with Crippen molar-refractivity contribution in [2.75, 3.05) is 50.2 Å². The number of thioether (sulfide) groups is 1. The Bertz CT molecular complexity index is 1530. The summed E-state index contributed by atoms with van der Waals surface area (Å²) in [6.07, 6.45) is 0. The highest BCUT2D eigenvalue weighted by Gasteiger charge is 2.56. The van der Waals surface area contributed by atoms with Gasteiger partial charge in [0.1, 0.15) is 11.8 Å². The minimum Gasteiger partial charge on any atom is -0.378 e. The number of amides is 3. The smallest absolute Gasteiger partial charge is 0.308 e. The topological polar surface area (TPSA) is 92.2 Å². The van der Waals surface area contributed by atoms with Crippen LogP contribution in [0.2, 0.25) is 0 Å². The molecular weight excluding hydrogens is 616 g/mol. The zero-order chi connectivity index (χ0) is 28.1. The Hall–Kier alpha value is -2.93. The van der Waals surface area contributed by atoms with E-state index in [-0.39, 0.29) is 29.1 Å². The number of carbonyl (C=O) groups is 3. The zero-order valence-electron chi connectivity index (χ0n) is 21.9. The summed E-state index contributed by atoms with van der Waals surface area (Å²) in [7, 11) is 3.90. The van der Waals surface area contributed by atoms with Crippen LogP contribution in [-0.2, 0) is 25.7 Å². The van der Waals surface area contributed by atoms with Crippen molar-refractivity contribution >= 4 is 68.1 Å². The van der Waals surface area contributed by atoms with E-state index in [1.54, 1.807) is 29.2 Å². The highest BCUT2D eigenvalue weighted by molar-refractivity contribution is 9.10. The standard InChI is InChI=1S/C28H27BrN4O5S2/c1-30(2)18-7-3-16(4-8-18)21-22-23(26(36)33(25(22)35)19-9-5-17(29)6-10-19)39-27-24(21)40-28(37)32(27)15-20(34)31-11-13-38-14-12-31/h3-10,21-23H,11-15H2,1-2H3. The first-order chi connectivity index (χ1) is 19.2. The lowest BCUT2D eigenvalue weighted by Gasteiger charge is -2.31. The quantitative estimate of drug-likeness (QED) is 0.394. The number of thiazole rings is 1. The summed E-state index contributed by atoms with van der Waals surface area (Å²) in [4.78, 5) is 59.7. The van der Waals surface area contributed by atoms with Gasteiger partial charge in [-0.1, -0.05) is 51.2 Å². The lowest BCUT2D eigenvalue weighted by atomic mass is 9.83. The first-order valence-corrected chi connectivity index (χ1v) is 15.4. The third-order valence-corrected chi connectivity index (χ3v) is 10.7. The molecule has 0 aliphatic carbocycles. The van der Waals surface area contributed by atoms with E-state index in [9.17, 15) is 19.2 Å². The molecule has 3 aliphatic rings. The normalized spacial score (nSPS) is 22.3. The average Bonchev–Trinajstić information content (AvgIpc) is 3.40. The van der Waals surface area contributed by atoms with Crippen LogP contribution < -0.4 is 14.7 Å². The third-order valence-electron chi connectivity index (χ3n) is 7.56. The van der Waals surface area contributed by atoms with Crippen molar-refractivity contribution in [2.45, 2.75) is 22.7 Å². The minimum absolute atomic E-state index is 0.111. The van der Waals surface area contributed by atoms with Gasteiger partial charge in [0.25, 0.3) is 0 Å². The van der Waals surface area contributed by atoms with Gasteiger partial charge >= 0.3 is 4.87 Å². The van der Waals surface area contributed by atoms with E-state index in [1.807, 2.05) is 43.3 Å². The molecule has 0 saturated carbocycles. The van der Waals surface area contributed by atoms with Crippen LogP contribution in [-0.4, -0.2) is 72.8 Å². The van der Waals surface area contributed by atoms with Crippen molar-refractivity contribution in [3.8, 4) is 0 Å². The highest BCUT2D eigenvalue weighted by Crippen LogP contribution is 2.54. The molecule has 2 fully saturated rings. The summed E-state index contributed by atoms with van der Waals surface area (Å²) >= 11 is 5.71. The second kappa shape index (κ2) is 10.8. The Morgan fingerprint density at radius 1 is 1.00 bits per heavy atom. The maximum atomic E-state index is 14.0. The molecule has 3 aromatic rings. The number of morpholine rings is 1. The van der Waals surface area contributed by atoms with E-state index in [0.717, 1.165) is 31.9 Å². The minimum atomic E-state index is -0.721. The predicted molar refractivity (Wildman–Crippen MR) is 158 cm³/mol. The number of ether oxygens (including phenoxy) is 1. The number of imide groups is 1. The van der Waals surface area contributed by atoms with Crippen LogP contribution in [0.15, 0.2) is 62.8 Å². The number of rotatable bonds is 5. The summed E-state index contributed by atoms with van der Waals surface area (Å²) in [6.45, 7) is 1.78. The van der Waals surface area contributed by atoms with Crippen LogP contribution in [0.3, 0.4) is 0 Å². The van der Waals surface area contributed by atoms with Crippen molar-refractivity contribution in [1.82, 2.24) is 9.47 Å². The van der Waals surface area contributed by atoms with Gasteiger partial charge in [-0.25, -0.2) is 4.90 Å². The molecule has 3 atom stereocenters. The number of fused-ring (bicyclic) bond motifs is 2. The second-order valence-electron chi connectivity index (χ2n) is 10.1. The molecule has 3 aliphatic heterocycles. The van der Waals surface area contributed by atoms with E-state index in [0.29, 0.717) is 37.0 Å². The highest BCUT2D eigenvalue weighted by atomic mass is 79.9. The van der Waals surface area contributed by atoms with Crippen LogP contribution in [0.4, 0.5) is 11.4 Å². The molecule has 12 heteroatoms. The van der Waals surface area contributed by atoms with Gasteiger partial charge < -0.3 is 14.5 Å². The van der Waals surface area contributed by atoms with Crippen LogP contribution in [0.25, 0.3) is 0 Å². The molecule has 3 unspecified atom stereocenters. The summed E-state index contributed by atoms with van der Waals surface area (Å²) in [6, 6.07) is 15.0. The Morgan fingerprint density at radius 3 is 2.33 bits per heavy atom. The van der Waals surface area contributed by atoms with E-state index < -0.39 is 17.1 Å². The van der Waals surface area contributed by atoms with Gasteiger partial charge in [-0.2, -0.15) is 0 Å². The molecule has 2 saturated heterocycles. The fraction of sp³-hybridized carbons (Fsp3) is 0.357. The number of hydrogen-bond donors (Lipinski definition) is 0. The van der Waals surface area contributed by atoms with Crippen molar-refractivity contribution < 1.29 is 19.1 Å². The van der Waals surface area contributed by atoms with Gasteiger partial charge in [0.05, 0.1) is 29.8 Å². The van der Waals surface area contributed by atoms with Gasteiger partial charge in [0, 0.05) is 48.1 Å². The molecule has 40 heavy (non-hydrogen) atoms. The molecule has 3 amide bonds. The Labute approximate surface area is 247 Å². The maximum Gasteiger partial charge on any atom is 0.308 e. The first kappa shape index (κ1) is 27.3. The molecule has 9 nitrogen and oxygen atoms in total. The number of benzene rings is 2. The molecule has 0 spiro atoms. The molecule has 4 heterocycles. The molecule has 6 rings (SSSR count). The number of nitrogens with zero attached hydrogens (tertiary/aromatic N) is 4. The monoisotopic (exact) mass is 642 g/mol. The van der Waals surface area contributed by atoms with E-state index >= 15 is 0 Å². The van der Waals surface area contributed by atoms with Gasteiger partial charge in [-0.05, 0) is 42.0 Å². The van der Waals surface area contributed by atoms with Crippen LogP contribution >= 0.6 is 39.0 Å². The third kappa shape index (κ3) is 4.70. The largest absolute Gasteiger partial charge is 0.378 e. The lowest BCUT2D eigenvalue weighted by molar-refractivity contribution is -0.136. The summed E-state index contributed by atoms with van der Waals surface area (Å²) in [5, 5.41) is -0.126. The summed E-state index contributed by atoms with van der Waals surface area (Å²) in [5.41, 5.74) is 2.37. The maximum absolute atomic E-state index is 14.0. The van der Waals surface area contributed by atoms with Crippen molar-refractivity contribution in [2.24, 2.45) is 5.92 Å². The van der Waals surface area contributed by atoms with E-state index in [4.69, 9.17) is 4.74 Å². The second-order valence-corrected chi connectivity index (χ2v) is 13.2. The van der Waals surface area contributed by atoms with Crippen molar-refractivity contribution in [3.63, 3.8) is 0 Å². The number of carbonyl (C=O) groups excluding carboxylic acids is 3. The van der Waals surface area contributed by atoms with Gasteiger partial charge in [-0.15, -0.1) is 0 Å². The average molecular weight is 644 g/mol. The molecule has 1 aromatic heterocycles. The van der Waals surface area contributed by atoms with Gasteiger partial charge in [0.2, 0.25) is 17.7 Å². The number of aromatic nitrogens is 1. The number of halogens is 1. The fourth-order valence-corrected chi connectivity index (χ4v) is 8.52. The lowest BCUT2D eigenvalue weighted by Crippen LogP contribution is -2.43. The Morgan fingerprint density at radius 2 is 1.68 bits per heavy atom. The van der Waals surface area contributed by atoms with E-state index in [2.05, 4.69) is 15.9 Å². The van der Waals surface area contributed by atoms with Crippen molar-refractivity contribution in [3.05, 3.63) is 73.1 Å². The zero-order valence-corrected chi connectivity index (χ0v) is 25.1. The molecule has 0 bridgehead atoms. The molecule has 0 radical (unpaired) electrons. The van der Waals surface area contributed by atoms with Gasteiger partial charge in [-0.3, -0.25) is 23.7 Å². The Balaban J connectivity index is 1.43. The Kier molecular flexibility index (Phi) is 7.36. The molecular formula is C28H27BrN4O5S2. The summed E-state index contributed by atoms with van der Waals surface area (Å²) < 4.78 is 7.69. The predicted octanol–water partition coefficient (Wildman–Crippen LogP) is 3.39. The fourth-order valence-electron chi connectivity index (χ4n) is 5.49. The van der Waals surface area contributed by atoms with Crippen molar-refractivity contribution in [1.29, 1.82) is 0 Å². The number of anilines is 2. The van der Waals surface area contributed by atoms with Gasteiger partial charge in [0.15, 0.2) is 0 Å². The van der Waals surface area contributed by atoms with Crippen LogP contribution in [0, 0.1) is 5.92 Å². The molecule has 2 aromatic carbocycles. The summed E-state index contributed by atoms with van der Waals surface area (Å²) in [5.74, 6) is -1.93. The molecule has 0 N–H and O–H groups in total. The molecule has 208 valence electrons. The van der Waals surface area contributed by atoms with E-state index in [1.165, 1.54) is 21.2 Å².